The van der Waals surface area contributed by atoms with Gasteiger partial charge in [-0.1, -0.05) is 6.07 Å². The summed E-state index contributed by atoms with van der Waals surface area (Å²) in [6.07, 6.45) is 5.47. The van der Waals surface area contributed by atoms with Crippen LogP contribution in [0.4, 0.5) is 14.9 Å². The Balaban J connectivity index is 1.35. The lowest BCUT2D eigenvalue weighted by atomic mass is 9.88. The van der Waals surface area contributed by atoms with E-state index in [1.165, 1.54) is 29.6 Å². The third-order valence-electron chi connectivity index (χ3n) is 5.94. The summed E-state index contributed by atoms with van der Waals surface area (Å²) in [4.78, 5) is 35.9. The molecule has 0 unspecified atom stereocenters. The third kappa shape index (κ3) is 5.36. The van der Waals surface area contributed by atoms with Crippen LogP contribution in [-0.4, -0.2) is 64.3 Å². The number of carbonyl (C=O) groups is 2. The normalized spacial score (nSPS) is 18.8. The van der Waals surface area contributed by atoms with Crippen LogP contribution in [0.15, 0.2) is 36.8 Å². The average molecular weight is 473 g/mol. The number of ether oxygens (including phenoxy) is 1. The van der Waals surface area contributed by atoms with Gasteiger partial charge in [0.2, 0.25) is 0 Å². The number of hydrogen-bond acceptors (Lipinski definition) is 6. The summed E-state index contributed by atoms with van der Waals surface area (Å²) < 4.78 is 20.4. The van der Waals surface area contributed by atoms with E-state index in [0.717, 1.165) is 0 Å². The quantitative estimate of drug-likeness (QED) is 0.615. The highest BCUT2D eigenvalue weighted by molar-refractivity contribution is 7.80. The van der Waals surface area contributed by atoms with Crippen molar-refractivity contribution in [2.75, 3.05) is 31.1 Å². The van der Waals surface area contributed by atoms with Crippen LogP contribution < -0.4 is 16.0 Å². The zero-order valence-electron chi connectivity index (χ0n) is 17.9. The summed E-state index contributed by atoms with van der Waals surface area (Å²) in [7, 11) is 0. The number of benzene rings is 1. The fourth-order valence-electron chi connectivity index (χ4n) is 4.22. The molecule has 2 amide bonds. The van der Waals surface area contributed by atoms with Crippen LogP contribution in [0.25, 0.3) is 0 Å². The molecule has 0 saturated carbocycles. The molecule has 1 aromatic heterocycles. The lowest BCUT2D eigenvalue weighted by molar-refractivity contribution is 0.0706. The van der Waals surface area contributed by atoms with Crippen LogP contribution in [0.5, 0.6) is 0 Å². The first kappa shape index (κ1) is 22.8. The number of nitrogens with two attached hydrogens (primary N) is 1. The maximum Gasteiger partial charge on any atom is 0.414 e. The van der Waals surface area contributed by atoms with E-state index in [1.807, 2.05) is 0 Å². The highest BCUT2D eigenvalue weighted by atomic mass is 32.1. The molecular weight excluding hydrogens is 447 g/mol. The zero-order valence-corrected chi connectivity index (χ0v) is 18.8. The number of amides is 2. The van der Waals surface area contributed by atoms with Crippen molar-refractivity contribution in [1.82, 2.24) is 20.2 Å². The molecule has 11 heteroatoms. The van der Waals surface area contributed by atoms with Gasteiger partial charge in [0, 0.05) is 38.4 Å². The Bertz CT molecular complexity index is 1030. The summed E-state index contributed by atoms with van der Waals surface area (Å²) in [6.45, 7) is 1.86. The van der Waals surface area contributed by atoms with E-state index in [4.69, 9.17) is 22.7 Å². The van der Waals surface area contributed by atoms with Crippen LogP contribution in [0, 0.1) is 5.82 Å². The Labute approximate surface area is 196 Å². The highest BCUT2D eigenvalue weighted by Gasteiger charge is 2.33. The van der Waals surface area contributed by atoms with Crippen LogP contribution in [0.1, 0.15) is 41.2 Å². The minimum Gasteiger partial charge on any atom is -0.444 e. The summed E-state index contributed by atoms with van der Waals surface area (Å²) in [5, 5.41) is 3.01. The molecule has 3 N–H and O–H groups in total. The lowest BCUT2D eigenvalue weighted by Crippen LogP contribution is -2.38. The van der Waals surface area contributed by atoms with Crippen LogP contribution in [0.3, 0.4) is 0 Å². The third-order valence-corrected chi connectivity index (χ3v) is 6.08. The number of piperidine rings is 1. The Morgan fingerprint density at radius 1 is 1.30 bits per heavy atom. The van der Waals surface area contributed by atoms with Crippen molar-refractivity contribution >= 4 is 35.0 Å². The molecule has 3 heterocycles. The van der Waals surface area contributed by atoms with E-state index in [1.54, 1.807) is 17.0 Å². The molecule has 2 fully saturated rings. The number of carbonyl (C=O) groups excluding carboxylic acids is 2. The molecule has 0 spiro atoms. The predicted molar refractivity (Wildman–Crippen MR) is 123 cm³/mol. The topological polar surface area (TPSA) is 114 Å². The first-order chi connectivity index (χ1) is 15.9. The van der Waals surface area contributed by atoms with E-state index in [-0.39, 0.29) is 28.9 Å². The maximum absolute atomic E-state index is 15.0. The number of halogens is 1. The monoisotopic (exact) mass is 472 g/mol. The van der Waals surface area contributed by atoms with Gasteiger partial charge in [0.15, 0.2) is 5.11 Å². The summed E-state index contributed by atoms with van der Waals surface area (Å²) in [5.74, 6) is -0.532. The average Bonchev–Trinajstić information content (AvgIpc) is 3.19. The Kier molecular flexibility index (Phi) is 6.97. The molecule has 9 nitrogen and oxygen atoms in total. The Morgan fingerprint density at radius 3 is 2.76 bits per heavy atom. The fourth-order valence-corrected chi connectivity index (χ4v) is 4.32. The molecule has 0 radical (unpaired) electrons. The number of hydrogen-bond donors (Lipinski definition) is 2. The van der Waals surface area contributed by atoms with Crippen molar-refractivity contribution in [1.29, 1.82) is 0 Å². The molecule has 1 aromatic carbocycles. The first-order valence-corrected chi connectivity index (χ1v) is 11.2. The number of likely N-dealkylation sites (tertiary alicyclic amines) is 1. The summed E-state index contributed by atoms with van der Waals surface area (Å²) >= 11 is 4.76. The van der Waals surface area contributed by atoms with Gasteiger partial charge >= 0.3 is 6.09 Å². The molecule has 33 heavy (non-hydrogen) atoms. The molecule has 0 aliphatic carbocycles. The Hall–Kier alpha value is -3.34. The van der Waals surface area contributed by atoms with Crippen LogP contribution in [-0.2, 0) is 4.74 Å². The van der Waals surface area contributed by atoms with E-state index in [0.29, 0.717) is 62.4 Å². The predicted octanol–water partition coefficient (Wildman–Crippen LogP) is 2.18. The summed E-state index contributed by atoms with van der Waals surface area (Å²) in [6, 6.07) is 4.85. The molecule has 174 valence electrons. The summed E-state index contributed by atoms with van der Waals surface area (Å²) in [5.41, 5.74) is 6.76. The first-order valence-electron chi connectivity index (χ1n) is 10.8. The van der Waals surface area contributed by atoms with Gasteiger partial charge in [-0.2, -0.15) is 0 Å². The molecule has 2 aliphatic rings. The Morgan fingerprint density at radius 2 is 2.09 bits per heavy atom. The molecule has 2 aromatic rings. The molecule has 1 atom stereocenters. The number of rotatable bonds is 6. The van der Waals surface area contributed by atoms with E-state index in [2.05, 4.69) is 15.3 Å². The van der Waals surface area contributed by atoms with Gasteiger partial charge in [0.1, 0.15) is 17.6 Å². The number of thiocarbonyl (C=S) groups is 1. The number of anilines is 1. The van der Waals surface area contributed by atoms with Crippen molar-refractivity contribution in [2.45, 2.75) is 31.3 Å². The molecule has 2 saturated heterocycles. The standard InChI is InChI=1S/C22H25FN6O3S/c23-18-11-15(29-13-16(32-22(29)31)3-6-27-21(24)33)1-2-17(18)14-4-9-28(10-5-14)20(30)19-12-25-7-8-26-19/h1-2,7-8,11-12,14,16H,3-6,9-10,13H2,(H3,24,27,33)/t16-/m0/s1. The van der Waals surface area contributed by atoms with Gasteiger partial charge in [-0.05, 0) is 48.7 Å². The fraction of sp³-hybridized carbons (Fsp3) is 0.409. The van der Waals surface area contributed by atoms with E-state index in [9.17, 15) is 9.59 Å². The highest BCUT2D eigenvalue weighted by Crippen LogP contribution is 2.33. The van der Waals surface area contributed by atoms with Gasteiger partial charge in [0.25, 0.3) is 5.91 Å². The van der Waals surface area contributed by atoms with Crippen molar-refractivity contribution in [3.63, 3.8) is 0 Å². The zero-order chi connectivity index (χ0) is 23.4. The smallest absolute Gasteiger partial charge is 0.414 e. The van der Waals surface area contributed by atoms with Gasteiger partial charge in [-0.3, -0.25) is 14.7 Å². The second-order valence-corrected chi connectivity index (χ2v) is 8.50. The molecule has 2 aliphatic heterocycles. The van der Waals surface area contributed by atoms with Crippen molar-refractivity contribution < 1.29 is 18.7 Å². The molecular formula is C22H25FN6O3S. The number of nitrogens with zero attached hydrogens (tertiary/aromatic N) is 4. The van der Waals surface area contributed by atoms with Gasteiger partial charge in [-0.25, -0.2) is 14.2 Å². The largest absolute Gasteiger partial charge is 0.444 e. The lowest BCUT2D eigenvalue weighted by Gasteiger charge is -2.32. The number of cyclic esters (lactones) is 1. The van der Waals surface area contributed by atoms with Crippen LogP contribution in [0.2, 0.25) is 0 Å². The van der Waals surface area contributed by atoms with E-state index < -0.39 is 6.09 Å². The molecule has 0 bridgehead atoms. The van der Waals surface area contributed by atoms with Crippen LogP contribution >= 0.6 is 12.2 Å². The van der Waals surface area contributed by atoms with Crippen molar-refractivity contribution in [3.05, 3.63) is 53.9 Å². The van der Waals surface area contributed by atoms with Crippen molar-refractivity contribution in [3.8, 4) is 0 Å². The van der Waals surface area contributed by atoms with Gasteiger partial charge < -0.3 is 20.7 Å². The van der Waals surface area contributed by atoms with Gasteiger partial charge in [-0.15, -0.1) is 0 Å². The maximum atomic E-state index is 15.0. The minimum absolute atomic E-state index is 0.00517. The SMILES string of the molecule is NC(=S)NCC[C@H]1CN(c2ccc(C3CCN(C(=O)c4cnccn4)CC3)c(F)c2)C(=O)O1. The second-order valence-electron chi connectivity index (χ2n) is 8.06. The van der Waals surface area contributed by atoms with Gasteiger partial charge in [0.05, 0.1) is 18.4 Å². The molecule has 4 rings (SSSR count). The minimum atomic E-state index is -0.502. The number of aromatic nitrogens is 2. The number of nitrogens with one attached hydrogen (secondary N) is 1. The van der Waals surface area contributed by atoms with Crippen molar-refractivity contribution in [2.24, 2.45) is 5.73 Å². The van der Waals surface area contributed by atoms with E-state index >= 15 is 4.39 Å². The second kappa shape index (κ2) is 10.1.